The number of carboxylic acids is 1. The van der Waals surface area contributed by atoms with Crippen LogP contribution >= 0.6 is 0 Å². The minimum absolute atomic E-state index is 0.000826. The maximum absolute atomic E-state index is 10.8. The van der Waals surface area contributed by atoms with Crippen molar-refractivity contribution in [2.45, 2.75) is 13.3 Å². The van der Waals surface area contributed by atoms with E-state index in [1.165, 1.54) is 12.4 Å². The lowest BCUT2D eigenvalue weighted by Gasteiger charge is -2.08. The fraction of sp³-hybridized carbons (Fsp3) is 0.214. The number of aromatic nitrogens is 2. The van der Waals surface area contributed by atoms with Crippen LogP contribution in [0.4, 0.5) is 0 Å². The van der Waals surface area contributed by atoms with E-state index < -0.39 is 5.97 Å². The van der Waals surface area contributed by atoms with Gasteiger partial charge < -0.3 is 9.84 Å². The molecule has 5 heteroatoms. The molecule has 0 aliphatic carbocycles. The van der Waals surface area contributed by atoms with Crippen LogP contribution in [0.25, 0.3) is 0 Å². The van der Waals surface area contributed by atoms with E-state index in [1.807, 2.05) is 31.2 Å². The van der Waals surface area contributed by atoms with Crippen LogP contribution in [0.1, 0.15) is 21.7 Å². The predicted octanol–water partition coefficient (Wildman–Crippen LogP) is 2.10. The van der Waals surface area contributed by atoms with E-state index in [4.69, 9.17) is 9.84 Å². The number of benzene rings is 1. The van der Waals surface area contributed by atoms with Gasteiger partial charge in [0.1, 0.15) is 12.1 Å². The molecule has 0 bridgehead atoms. The lowest BCUT2D eigenvalue weighted by atomic mass is 10.2. The summed E-state index contributed by atoms with van der Waals surface area (Å²) in [5.74, 6) is -0.224. The molecule has 0 fully saturated rings. The number of hydrogen-bond acceptors (Lipinski definition) is 4. The Morgan fingerprint density at radius 3 is 2.84 bits per heavy atom. The summed E-state index contributed by atoms with van der Waals surface area (Å²) < 4.78 is 5.63. The van der Waals surface area contributed by atoms with Gasteiger partial charge in [0.05, 0.1) is 6.61 Å². The van der Waals surface area contributed by atoms with Crippen molar-refractivity contribution in [1.29, 1.82) is 0 Å². The number of aromatic carboxylic acids is 1. The predicted molar refractivity (Wildman–Crippen MR) is 69.4 cm³/mol. The molecular weight excluding hydrogens is 244 g/mol. The second-order valence-corrected chi connectivity index (χ2v) is 4.06. The molecule has 0 spiro atoms. The average molecular weight is 258 g/mol. The van der Waals surface area contributed by atoms with Gasteiger partial charge >= 0.3 is 5.97 Å². The smallest absolute Gasteiger partial charge is 0.354 e. The Hall–Kier alpha value is -2.43. The quantitative estimate of drug-likeness (QED) is 0.889. The van der Waals surface area contributed by atoms with Crippen molar-refractivity contribution in [2.24, 2.45) is 0 Å². The van der Waals surface area contributed by atoms with Crippen LogP contribution in [0.15, 0.2) is 36.7 Å². The molecule has 1 aromatic carbocycles. The van der Waals surface area contributed by atoms with Crippen LogP contribution in [-0.2, 0) is 6.42 Å². The molecule has 5 nitrogen and oxygen atoms in total. The van der Waals surface area contributed by atoms with E-state index in [-0.39, 0.29) is 5.69 Å². The van der Waals surface area contributed by atoms with Gasteiger partial charge in [-0.25, -0.2) is 14.8 Å². The topological polar surface area (TPSA) is 72.3 Å². The third-order valence-corrected chi connectivity index (χ3v) is 2.65. The fourth-order valence-corrected chi connectivity index (χ4v) is 1.64. The monoisotopic (exact) mass is 258 g/mol. The van der Waals surface area contributed by atoms with Crippen molar-refractivity contribution >= 4 is 5.97 Å². The number of nitrogens with zero attached hydrogens (tertiary/aromatic N) is 2. The minimum Gasteiger partial charge on any atom is -0.493 e. The van der Waals surface area contributed by atoms with Gasteiger partial charge in [-0.15, -0.1) is 0 Å². The van der Waals surface area contributed by atoms with Gasteiger partial charge in [-0.05, 0) is 24.6 Å². The average Bonchev–Trinajstić information content (AvgIpc) is 2.41. The number of ether oxygens (including phenoxy) is 1. The van der Waals surface area contributed by atoms with Crippen LogP contribution in [0, 0.1) is 6.92 Å². The normalized spacial score (nSPS) is 10.2. The van der Waals surface area contributed by atoms with Crippen LogP contribution in [0.3, 0.4) is 0 Å². The van der Waals surface area contributed by atoms with Crippen LogP contribution in [-0.4, -0.2) is 27.7 Å². The van der Waals surface area contributed by atoms with Gasteiger partial charge in [0.25, 0.3) is 0 Å². The SMILES string of the molecule is Cc1ccccc1OCCc1cc(C(=O)O)ncn1. The molecule has 2 aromatic rings. The molecule has 19 heavy (non-hydrogen) atoms. The van der Waals surface area contributed by atoms with Crippen molar-refractivity contribution in [2.75, 3.05) is 6.61 Å². The first kappa shape index (κ1) is 13.0. The van der Waals surface area contributed by atoms with Crippen LogP contribution < -0.4 is 4.74 Å². The summed E-state index contributed by atoms with van der Waals surface area (Å²) in [5.41, 5.74) is 1.72. The molecule has 0 amide bonds. The molecule has 1 N–H and O–H groups in total. The molecule has 1 aromatic heterocycles. The van der Waals surface area contributed by atoms with E-state index >= 15 is 0 Å². The molecule has 1 heterocycles. The van der Waals surface area contributed by atoms with E-state index in [2.05, 4.69) is 9.97 Å². The molecule has 0 radical (unpaired) electrons. The van der Waals surface area contributed by atoms with E-state index in [0.717, 1.165) is 11.3 Å². The second kappa shape index (κ2) is 5.95. The first-order valence-electron chi connectivity index (χ1n) is 5.89. The lowest BCUT2D eigenvalue weighted by Crippen LogP contribution is -2.07. The van der Waals surface area contributed by atoms with Gasteiger partial charge in [-0.3, -0.25) is 0 Å². The van der Waals surface area contributed by atoms with Gasteiger partial charge in [-0.1, -0.05) is 18.2 Å². The lowest BCUT2D eigenvalue weighted by molar-refractivity contribution is 0.0690. The highest BCUT2D eigenvalue weighted by Gasteiger charge is 2.06. The molecule has 0 saturated heterocycles. The zero-order valence-electron chi connectivity index (χ0n) is 10.5. The minimum atomic E-state index is -1.05. The Kier molecular flexibility index (Phi) is 4.07. The summed E-state index contributed by atoms with van der Waals surface area (Å²) in [4.78, 5) is 18.5. The Balaban J connectivity index is 1.94. The molecule has 0 aliphatic heterocycles. The molecule has 2 rings (SSSR count). The Labute approximate surface area is 110 Å². The molecule has 0 atom stereocenters. The van der Waals surface area contributed by atoms with Crippen molar-refractivity contribution in [3.05, 3.63) is 53.6 Å². The van der Waals surface area contributed by atoms with Crippen molar-refractivity contribution < 1.29 is 14.6 Å². The first-order valence-corrected chi connectivity index (χ1v) is 5.89. The highest BCUT2D eigenvalue weighted by atomic mass is 16.5. The molecule has 0 unspecified atom stereocenters. The summed E-state index contributed by atoms with van der Waals surface area (Å²) in [6.45, 7) is 2.42. The largest absolute Gasteiger partial charge is 0.493 e. The van der Waals surface area contributed by atoms with E-state index in [9.17, 15) is 4.79 Å². The number of hydrogen-bond donors (Lipinski definition) is 1. The van der Waals surface area contributed by atoms with Gasteiger partial charge in [0.2, 0.25) is 0 Å². The van der Waals surface area contributed by atoms with Crippen LogP contribution in [0.2, 0.25) is 0 Å². The van der Waals surface area contributed by atoms with Gasteiger partial charge in [0.15, 0.2) is 5.69 Å². The van der Waals surface area contributed by atoms with Crippen molar-refractivity contribution in [3.63, 3.8) is 0 Å². The Bertz CT molecular complexity index is 584. The Morgan fingerprint density at radius 2 is 2.11 bits per heavy atom. The molecule has 0 saturated carbocycles. The highest BCUT2D eigenvalue weighted by Crippen LogP contribution is 2.16. The number of carbonyl (C=O) groups is 1. The second-order valence-electron chi connectivity index (χ2n) is 4.06. The first-order chi connectivity index (χ1) is 9.16. The molecular formula is C14H14N2O3. The Morgan fingerprint density at radius 1 is 1.32 bits per heavy atom. The van der Waals surface area contributed by atoms with Gasteiger partial charge in [-0.2, -0.15) is 0 Å². The molecule has 98 valence electrons. The number of aryl methyl sites for hydroxylation is 1. The standard InChI is InChI=1S/C14H14N2O3/c1-10-4-2-3-5-13(10)19-7-6-11-8-12(14(17)18)16-9-15-11/h2-5,8-9H,6-7H2,1H3,(H,17,18). The van der Waals surface area contributed by atoms with E-state index in [1.54, 1.807) is 0 Å². The fourth-order valence-electron chi connectivity index (χ4n) is 1.64. The summed E-state index contributed by atoms with van der Waals surface area (Å²) in [7, 11) is 0. The zero-order chi connectivity index (χ0) is 13.7. The summed E-state index contributed by atoms with van der Waals surface area (Å²) >= 11 is 0. The maximum Gasteiger partial charge on any atom is 0.354 e. The van der Waals surface area contributed by atoms with Gasteiger partial charge in [0, 0.05) is 12.1 Å². The summed E-state index contributed by atoms with van der Waals surface area (Å²) in [5, 5.41) is 8.83. The van der Waals surface area contributed by atoms with Crippen LogP contribution in [0.5, 0.6) is 5.75 Å². The third-order valence-electron chi connectivity index (χ3n) is 2.65. The summed E-state index contributed by atoms with van der Waals surface area (Å²) in [6.07, 6.45) is 1.80. The number of carboxylic acid groups (broad SMARTS) is 1. The third kappa shape index (κ3) is 3.51. The maximum atomic E-state index is 10.8. The van der Waals surface area contributed by atoms with Crippen molar-refractivity contribution in [1.82, 2.24) is 9.97 Å². The highest BCUT2D eigenvalue weighted by molar-refractivity contribution is 5.85. The number of para-hydroxylation sites is 1. The van der Waals surface area contributed by atoms with Crippen molar-refractivity contribution in [3.8, 4) is 5.75 Å². The summed E-state index contributed by atoms with van der Waals surface area (Å²) in [6, 6.07) is 9.20. The zero-order valence-corrected chi connectivity index (χ0v) is 10.5. The number of rotatable bonds is 5. The molecule has 0 aliphatic rings. The van der Waals surface area contributed by atoms with E-state index in [0.29, 0.717) is 18.7 Å².